The number of carbonyl (C=O) groups excluding carboxylic acids is 1. The van der Waals surface area contributed by atoms with Crippen LogP contribution in [0.3, 0.4) is 0 Å². The molecule has 0 atom stereocenters. The molecule has 1 aliphatic rings. The van der Waals surface area contributed by atoms with E-state index < -0.39 is 5.97 Å². The van der Waals surface area contributed by atoms with Gasteiger partial charge in [0.2, 0.25) is 0 Å². The molecule has 1 saturated heterocycles. The van der Waals surface area contributed by atoms with Gasteiger partial charge in [-0.05, 0) is 60.6 Å². The van der Waals surface area contributed by atoms with E-state index in [4.69, 9.17) is 27.6 Å². The van der Waals surface area contributed by atoms with Gasteiger partial charge in [-0.15, -0.1) is 0 Å². The molecule has 4 rings (SSSR count). The Morgan fingerprint density at radius 1 is 1.19 bits per heavy atom. The van der Waals surface area contributed by atoms with Crippen molar-refractivity contribution >= 4 is 63.8 Å². The van der Waals surface area contributed by atoms with E-state index in [1.165, 1.54) is 0 Å². The number of nitrogens with one attached hydrogen (secondary N) is 1. The standard InChI is InChI=1S/C22H14Cl2N2O4S/c1-11-5-6-12(21(28)29)9-14(11)17-8-7-13(30-17)10-18-20(27)26-22(31-18)25-16-4-2-3-15(23)19(16)24/h2-10H,1H3,(H,28,29)(H,25,26,27)/b18-10+. The molecule has 1 aliphatic heterocycles. The van der Waals surface area contributed by atoms with Crippen LogP contribution in [0.5, 0.6) is 0 Å². The van der Waals surface area contributed by atoms with Gasteiger partial charge in [0.05, 0.1) is 26.2 Å². The van der Waals surface area contributed by atoms with E-state index in [1.807, 2.05) is 6.92 Å². The molecule has 31 heavy (non-hydrogen) atoms. The van der Waals surface area contributed by atoms with Crippen molar-refractivity contribution in [2.24, 2.45) is 4.99 Å². The van der Waals surface area contributed by atoms with Gasteiger partial charge in [0, 0.05) is 11.6 Å². The van der Waals surface area contributed by atoms with Gasteiger partial charge >= 0.3 is 5.97 Å². The fourth-order valence-corrected chi connectivity index (χ4v) is 4.05. The number of halogens is 2. The van der Waals surface area contributed by atoms with Crippen LogP contribution in [-0.4, -0.2) is 22.2 Å². The highest BCUT2D eigenvalue weighted by Gasteiger charge is 2.25. The number of thioether (sulfide) groups is 1. The number of rotatable bonds is 4. The van der Waals surface area contributed by atoms with Crippen LogP contribution >= 0.6 is 35.0 Å². The highest BCUT2D eigenvalue weighted by atomic mass is 35.5. The molecule has 156 valence electrons. The molecule has 1 aromatic heterocycles. The largest absolute Gasteiger partial charge is 0.478 e. The van der Waals surface area contributed by atoms with Crippen molar-refractivity contribution in [1.29, 1.82) is 0 Å². The summed E-state index contributed by atoms with van der Waals surface area (Å²) in [6.45, 7) is 1.87. The van der Waals surface area contributed by atoms with Gasteiger partial charge in [-0.25, -0.2) is 9.79 Å². The van der Waals surface area contributed by atoms with E-state index in [9.17, 15) is 14.7 Å². The summed E-state index contributed by atoms with van der Waals surface area (Å²) >= 11 is 13.3. The van der Waals surface area contributed by atoms with Gasteiger partial charge in [-0.1, -0.05) is 35.3 Å². The Balaban J connectivity index is 1.59. The third-order valence-corrected chi connectivity index (χ3v) is 6.17. The molecule has 6 nitrogen and oxygen atoms in total. The van der Waals surface area contributed by atoms with Crippen LogP contribution in [-0.2, 0) is 4.79 Å². The predicted molar refractivity (Wildman–Crippen MR) is 123 cm³/mol. The molecule has 0 saturated carbocycles. The highest BCUT2D eigenvalue weighted by Crippen LogP contribution is 2.35. The van der Waals surface area contributed by atoms with Gasteiger partial charge in [0.15, 0.2) is 5.17 Å². The normalized spacial score (nSPS) is 16.2. The van der Waals surface area contributed by atoms with Crippen LogP contribution in [0.25, 0.3) is 17.4 Å². The zero-order valence-electron chi connectivity index (χ0n) is 16.0. The van der Waals surface area contributed by atoms with Crippen LogP contribution in [0.4, 0.5) is 5.69 Å². The maximum absolute atomic E-state index is 12.3. The molecule has 0 radical (unpaired) electrons. The van der Waals surface area contributed by atoms with E-state index in [-0.39, 0.29) is 11.5 Å². The summed E-state index contributed by atoms with van der Waals surface area (Å²) in [6.07, 6.45) is 1.60. The Morgan fingerprint density at radius 2 is 2.00 bits per heavy atom. The van der Waals surface area contributed by atoms with Crippen LogP contribution in [0.1, 0.15) is 21.7 Å². The van der Waals surface area contributed by atoms with Gasteiger partial charge in [0.1, 0.15) is 11.5 Å². The molecule has 2 heterocycles. The summed E-state index contributed by atoms with van der Waals surface area (Å²) in [7, 11) is 0. The second-order valence-corrected chi connectivity index (χ2v) is 8.41. The van der Waals surface area contributed by atoms with E-state index >= 15 is 0 Å². The minimum absolute atomic E-state index is 0.170. The third-order valence-electron chi connectivity index (χ3n) is 4.45. The van der Waals surface area contributed by atoms with Crippen LogP contribution in [0, 0.1) is 6.92 Å². The third kappa shape index (κ3) is 4.54. The molecule has 0 bridgehead atoms. The smallest absolute Gasteiger partial charge is 0.335 e. The first kappa shape index (κ1) is 21.2. The Hall–Kier alpha value is -3.00. The van der Waals surface area contributed by atoms with Gasteiger partial charge in [0.25, 0.3) is 5.91 Å². The molecule has 2 N–H and O–H groups in total. The first-order valence-electron chi connectivity index (χ1n) is 8.99. The minimum atomic E-state index is -1.01. The Labute approximate surface area is 191 Å². The zero-order chi connectivity index (χ0) is 22.1. The number of aromatic carboxylic acids is 1. The number of aliphatic imine (C=N–C) groups is 1. The van der Waals surface area contributed by atoms with Crippen LogP contribution in [0.15, 0.2) is 62.8 Å². The van der Waals surface area contributed by atoms with Gasteiger partial charge in [-0.3, -0.25) is 4.79 Å². The molecule has 1 amide bonds. The Bertz CT molecular complexity index is 1280. The monoisotopic (exact) mass is 472 g/mol. The van der Waals surface area contributed by atoms with Crippen molar-refractivity contribution in [3.63, 3.8) is 0 Å². The van der Waals surface area contributed by atoms with Gasteiger partial charge in [-0.2, -0.15) is 0 Å². The number of amidine groups is 1. The number of aryl methyl sites for hydroxylation is 1. The lowest BCUT2D eigenvalue weighted by Crippen LogP contribution is -2.19. The summed E-state index contributed by atoms with van der Waals surface area (Å²) in [4.78, 5) is 28.3. The molecular formula is C22H14Cl2N2O4S. The fourth-order valence-electron chi connectivity index (χ4n) is 2.89. The van der Waals surface area contributed by atoms with Crippen molar-refractivity contribution in [1.82, 2.24) is 5.32 Å². The van der Waals surface area contributed by atoms with Crippen molar-refractivity contribution in [2.45, 2.75) is 6.92 Å². The highest BCUT2D eigenvalue weighted by molar-refractivity contribution is 8.18. The van der Waals surface area contributed by atoms with E-state index in [1.54, 1.807) is 54.6 Å². The van der Waals surface area contributed by atoms with E-state index in [0.29, 0.717) is 42.9 Å². The van der Waals surface area contributed by atoms with E-state index in [0.717, 1.165) is 17.3 Å². The van der Waals surface area contributed by atoms with E-state index in [2.05, 4.69) is 10.3 Å². The fraction of sp³-hybridized carbons (Fsp3) is 0.0455. The lowest BCUT2D eigenvalue weighted by Gasteiger charge is -2.04. The quantitative estimate of drug-likeness (QED) is 0.444. The maximum atomic E-state index is 12.3. The molecule has 9 heteroatoms. The average molecular weight is 473 g/mol. The second-order valence-electron chi connectivity index (χ2n) is 6.59. The SMILES string of the molecule is Cc1ccc(C(=O)O)cc1-c1ccc(/C=C2/SC(=Nc3cccc(Cl)c3Cl)NC2=O)o1. The number of carbonyl (C=O) groups is 2. The maximum Gasteiger partial charge on any atom is 0.335 e. The van der Waals surface area contributed by atoms with Crippen molar-refractivity contribution in [3.05, 3.63) is 80.4 Å². The second kappa shape index (κ2) is 8.63. The Kier molecular flexibility index (Phi) is 5.91. The number of benzene rings is 2. The molecule has 0 aliphatic carbocycles. The molecule has 3 aromatic rings. The van der Waals surface area contributed by atoms with Crippen LogP contribution in [0.2, 0.25) is 10.0 Å². The van der Waals surface area contributed by atoms with Crippen LogP contribution < -0.4 is 5.32 Å². The number of nitrogens with zero attached hydrogens (tertiary/aromatic N) is 1. The number of carboxylic acid groups (broad SMARTS) is 1. The zero-order valence-corrected chi connectivity index (χ0v) is 18.3. The van der Waals surface area contributed by atoms with Gasteiger partial charge < -0.3 is 14.8 Å². The van der Waals surface area contributed by atoms with Crippen molar-refractivity contribution < 1.29 is 19.1 Å². The topological polar surface area (TPSA) is 91.9 Å². The average Bonchev–Trinajstić information content (AvgIpc) is 3.32. The summed E-state index contributed by atoms with van der Waals surface area (Å²) in [5, 5.41) is 13.0. The molecule has 0 unspecified atom stereocenters. The summed E-state index contributed by atoms with van der Waals surface area (Å²) < 4.78 is 5.84. The summed E-state index contributed by atoms with van der Waals surface area (Å²) in [5.41, 5.74) is 2.17. The first-order valence-corrected chi connectivity index (χ1v) is 10.6. The number of carboxylic acids is 1. The lowest BCUT2D eigenvalue weighted by molar-refractivity contribution is -0.115. The summed E-state index contributed by atoms with van der Waals surface area (Å²) in [6, 6.07) is 13.3. The van der Waals surface area contributed by atoms with Crippen molar-refractivity contribution in [3.8, 4) is 11.3 Å². The number of furan rings is 1. The molecule has 0 spiro atoms. The molecular weight excluding hydrogens is 459 g/mol. The lowest BCUT2D eigenvalue weighted by atomic mass is 10.0. The number of hydrogen-bond donors (Lipinski definition) is 2. The number of amides is 1. The minimum Gasteiger partial charge on any atom is -0.478 e. The summed E-state index contributed by atoms with van der Waals surface area (Å²) in [5.74, 6) is -0.366. The molecule has 1 fully saturated rings. The molecule has 2 aromatic carbocycles. The first-order chi connectivity index (χ1) is 14.8. The van der Waals surface area contributed by atoms with Crippen molar-refractivity contribution in [2.75, 3.05) is 0 Å². The predicted octanol–water partition coefficient (Wildman–Crippen LogP) is 6.15. The number of hydrogen-bond acceptors (Lipinski definition) is 5. The Morgan fingerprint density at radius 3 is 2.77 bits per heavy atom.